The molecule has 2 aromatic rings. The number of anilines is 1. The topological polar surface area (TPSA) is 83.8 Å². The largest absolute Gasteiger partial charge is 0.493 e. The van der Waals surface area contributed by atoms with E-state index >= 15 is 0 Å². The maximum atomic E-state index is 13.1. The molecule has 2 atom stereocenters. The number of halogens is 1. The van der Waals surface area contributed by atoms with Crippen LogP contribution in [-0.4, -0.2) is 43.1 Å². The first-order chi connectivity index (χ1) is 13.5. The van der Waals surface area contributed by atoms with Crippen molar-refractivity contribution in [3.63, 3.8) is 0 Å². The number of hydrogen-bond acceptors (Lipinski definition) is 7. The molecular weight excluding hydrogens is 384 g/mol. The van der Waals surface area contributed by atoms with Gasteiger partial charge >= 0.3 is 0 Å². The van der Waals surface area contributed by atoms with Gasteiger partial charge in [-0.05, 0) is 29.8 Å². The van der Waals surface area contributed by atoms with Crippen LogP contribution >= 0.6 is 11.6 Å². The third-order valence-electron chi connectivity index (χ3n) is 4.74. The van der Waals surface area contributed by atoms with E-state index in [0.717, 1.165) is 10.5 Å². The van der Waals surface area contributed by atoms with Crippen LogP contribution in [0.1, 0.15) is 5.56 Å². The normalized spacial score (nSPS) is 20.7. The zero-order valence-corrected chi connectivity index (χ0v) is 16.0. The summed E-state index contributed by atoms with van der Waals surface area (Å²) in [6, 6.07) is 10.5. The van der Waals surface area contributed by atoms with Gasteiger partial charge in [0.15, 0.2) is 23.6 Å². The second kappa shape index (κ2) is 7.12. The minimum Gasteiger partial charge on any atom is -0.493 e. The molecule has 28 heavy (non-hydrogen) atoms. The summed E-state index contributed by atoms with van der Waals surface area (Å²) in [5.41, 5.74) is 1.32. The van der Waals surface area contributed by atoms with E-state index < -0.39 is 18.0 Å². The Bertz CT molecular complexity index is 963. The summed E-state index contributed by atoms with van der Waals surface area (Å²) >= 11 is 5.91. The van der Waals surface area contributed by atoms with Crippen LogP contribution in [0.25, 0.3) is 0 Å². The van der Waals surface area contributed by atoms with Gasteiger partial charge in [-0.3, -0.25) is 14.6 Å². The third-order valence-corrected chi connectivity index (χ3v) is 4.99. The summed E-state index contributed by atoms with van der Waals surface area (Å²) in [6.07, 6.45) is 0. The summed E-state index contributed by atoms with van der Waals surface area (Å²) in [5.74, 6) is 0.151. The Morgan fingerprint density at radius 2 is 1.71 bits per heavy atom. The number of carbonyl (C=O) groups excluding carboxylic acids is 2. The molecule has 0 N–H and O–H groups in total. The van der Waals surface area contributed by atoms with Crippen molar-refractivity contribution >= 4 is 29.1 Å². The van der Waals surface area contributed by atoms with Crippen molar-refractivity contribution in [2.45, 2.75) is 18.6 Å². The van der Waals surface area contributed by atoms with Gasteiger partial charge in [0.1, 0.15) is 0 Å². The van der Waals surface area contributed by atoms with E-state index in [1.807, 2.05) is 12.1 Å². The predicted octanol–water partition coefficient (Wildman–Crippen LogP) is 2.85. The summed E-state index contributed by atoms with van der Waals surface area (Å²) in [6.45, 7) is 0.348. The Labute approximate surface area is 166 Å². The third kappa shape index (κ3) is 2.95. The van der Waals surface area contributed by atoms with Crippen molar-refractivity contribution in [2.75, 3.05) is 19.1 Å². The van der Waals surface area contributed by atoms with Crippen molar-refractivity contribution in [3.8, 4) is 11.5 Å². The molecular formula is C19H17ClN4O4. The van der Waals surface area contributed by atoms with Crippen molar-refractivity contribution < 1.29 is 19.1 Å². The molecule has 0 aliphatic carbocycles. The Morgan fingerprint density at radius 3 is 2.39 bits per heavy atom. The van der Waals surface area contributed by atoms with Gasteiger partial charge in [0.25, 0.3) is 11.8 Å². The lowest BCUT2D eigenvalue weighted by Gasteiger charge is -2.21. The fourth-order valence-electron chi connectivity index (χ4n) is 3.35. The van der Waals surface area contributed by atoms with E-state index in [0.29, 0.717) is 28.8 Å². The number of hydrogen-bond donors (Lipinski definition) is 0. The van der Waals surface area contributed by atoms with Gasteiger partial charge in [-0.15, -0.1) is 0 Å². The van der Waals surface area contributed by atoms with Crippen molar-refractivity contribution in [2.24, 2.45) is 10.3 Å². The lowest BCUT2D eigenvalue weighted by molar-refractivity contribution is -0.123. The highest BCUT2D eigenvalue weighted by atomic mass is 35.5. The number of fused-ring (bicyclic) bond motifs is 1. The number of carbonyl (C=O) groups is 2. The molecule has 2 amide bonds. The van der Waals surface area contributed by atoms with E-state index in [2.05, 4.69) is 10.3 Å². The maximum absolute atomic E-state index is 13.1. The van der Waals surface area contributed by atoms with E-state index in [1.54, 1.807) is 30.3 Å². The maximum Gasteiger partial charge on any atom is 0.263 e. The predicted molar refractivity (Wildman–Crippen MR) is 101 cm³/mol. The number of imide groups is 1. The Kier molecular flexibility index (Phi) is 4.64. The first-order valence-electron chi connectivity index (χ1n) is 8.55. The van der Waals surface area contributed by atoms with Gasteiger partial charge in [0.05, 0.1) is 26.5 Å². The van der Waals surface area contributed by atoms with Gasteiger partial charge in [-0.25, -0.2) is 4.90 Å². The Hall–Kier alpha value is -3.13. The SMILES string of the molecule is COc1ccc(N2C(=O)[C@H]3N=NN(Cc4ccc(Cl)cc4)[C@H]3C2=O)cc1OC. The zero-order chi connectivity index (χ0) is 19.8. The fourth-order valence-corrected chi connectivity index (χ4v) is 3.48. The summed E-state index contributed by atoms with van der Waals surface area (Å²) in [4.78, 5) is 27.0. The smallest absolute Gasteiger partial charge is 0.263 e. The summed E-state index contributed by atoms with van der Waals surface area (Å²) in [5, 5.41) is 10.2. The molecule has 1 fully saturated rings. The Balaban J connectivity index is 1.60. The van der Waals surface area contributed by atoms with Crippen LogP contribution in [0.3, 0.4) is 0 Å². The lowest BCUT2D eigenvalue weighted by Crippen LogP contribution is -2.39. The minimum absolute atomic E-state index is 0.348. The van der Waals surface area contributed by atoms with Gasteiger partial charge in [0.2, 0.25) is 0 Å². The molecule has 0 radical (unpaired) electrons. The van der Waals surface area contributed by atoms with Crippen LogP contribution in [0.4, 0.5) is 5.69 Å². The molecule has 0 aromatic heterocycles. The molecule has 0 unspecified atom stereocenters. The van der Waals surface area contributed by atoms with Gasteiger partial charge in [0, 0.05) is 11.1 Å². The standard InChI is InChI=1S/C19H17ClN4O4/c1-27-14-8-7-13(9-15(14)28-2)24-18(25)16-17(19(24)26)23(22-21-16)10-11-3-5-12(20)6-4-11/h3-9,16-17H,10H2,1-2H3/t16-,17+/m0/s1. The van der Waals surface area contributed by atoms with Crippen LogP contribution in [0.2, 0.25) is 5.02 Å². The summed E-state index contributed by atoms with van der Waals surface area (Å²) in [7, 11) is 3.01. The van der Waals surface area contributed by atoms with E-state index in [4.69, 9.17) is 21.1 Å². The molecule has 2 aliphatic rings. The summed E-state index contributed by atoms with van der Waals surface area (Å²) < 4.78 is 10.5. The second-order valence-electron chi connectivity index (χ2n) is 6.37. The molecule has 0 bridgehead atoms. The number of rotatable bonds is 5. The number of ether oxygens (including phenoxy) is 2. The molecule has 8 nitrogen and oxygen atoms in total. The lowest BCUT2D eigenvalue weighted by atomic mass is 10.1. The first kappa shape index (κ1) is 18.2. The van der Waals surface area contributed by atoms with Crippen LogP contribution in [0, 0.1) is 0 Å². The molecule has 1 saturated heterocycles. The van der Waals surface area contributed by atoms with E-state index in [-0.39, 0.29) is 5.91 Å². The number of nitrogens with zero attached hydrogens (tertiary/aromatic N) is 4. The van der Waals surface area contributed by atoms with Gasteiger partial charge in [-0.1, -0.05) is 29.0 Å². The fraction of sp³-hybridized carbons (Fsp3) is 0.263. The van der Waals surface area contributed by atoms with Gasteiger partial charge < -0.3 is 9.47 Å². The second-order valence-corrected chi connectivity index (χ2v) is 6.81. The Morgan fingerprint density at radius 1 is 1.00 bits per heavy atom. The molecule has 9 heteroatoms. The molecule has 0 spiro atoms. The molecule has 2 aliphatic heterocycles. The van der Waals surface area contributed by atoms with Crippen LogP contribution in [0.15, 0.2) is 52.8 Å². The highest BCUT2D eigenvalue weighted by Crippen LogP contribution is 2.37. The van der Waals surface area contributed by atoms with Crippen LogP contribution < -0.4 is 14.4 Å². The molecule has 2 heterocycles. The van der Waals surface area contributed by atoms with E-state index in [9.17, 15) is 9.59 Å². The molecule has 4 rings (SSSR count). The minimum atomic E-state index is -0.854. The van der Waals surface area contributed by atoms with Crippen LogP contribution in [0.5, 0.6) is 11.5 Å². The first-order valence-corrected chi connectivity index (χ1v) is 8.93. The average Bonchev–Trinajstić information content (AvgIpc) is 3.23. The number of amides is 2. The molecule has 2 aromatic carbocycles. The van der Waals surface area contributed by atoms with Crippen molar-refractivity contribution in [1.29, 1.82) is 0 Å². The van der Waals surface area contributed by atoms with E-state index in [1.165, 1.54) is 19.2 Å². The molecule has 144 valence electrons. The van der Waals surface area contributed by atoms with Crippen LogP contribution in [-0.2, 0) is 16.1 Å². The highest BCUT2D eigenvalue weighted by molar-refractivity contribution is 6.30. The number of benzene rings is 2. The zero-order valence-electron chi connectivity index (χ0n) is 15.2. The van der Waals surface area contributed by atoms with Gasteiger partial charge in [-0.2, -0.15) is 5.11 Å². The van der Waals surface area contributed by atoms with Crippen molar-refractivity contribution in [1.82, 2.24) is 5.01 Å². The average molecular weight is 401 g/mol. The highest BCUT2D eigenvalue weighted by Gasteiger charge is 2.54. The number of methoxy groups -OCH3 is 2. The quantitative estimate of drug-likeness (QED) is 0.720. The monoisotopic (exact) mass is 400 g/mol. The van der Waals surface area contributed by atoms with Crippen molar-refractivity contribution in [3.05, 3.63) is 53.1 Å². The molecule has 0 saturated carbocycles.